The molecule has 1 atom stereocenters. The third kappa shape index (κ3) is 4.85. The first-order valence-corrected chi connectivity index (χ1v) is 13.6. The SMILES string of the molecule is CN(C)S(=O)(=O)c1ccc(N2CCCC2)c(C(=O)NC[C@H](c2cccs2)N2CCCC2)c1. The molecule has 2 fully saturated rings. The lowest BCUT2D eigenvalue weighted by atomic mass is 10.1. The second-order valence-corrected chi connectivity index (χ2v) is 11.8. The number of likely N-dealkylation sites (tertiary alicyclic amines) is 1. The highest BCUT2D eigenvalue weighted by Gasteiger charge is 2.27. The van der Waals surface area contributed by atoms with Gasteiger partial charge in [0, 0.05) is 44.3 Å². The summed E-state index contributed by atoms with van der Waals surface area (Å²) in [5.74, 6) is -0.219. The molecule has 2 saturated heterocycles. The van der Waals surface area contributed by atoms with Crippen LogP contribution >= 0.6 is 11.3 Å². The van der Waals surface area contributed by atoms with E-state index in [1.54, 1.807) is 23.5 Å². The predicted octanol–water partition coefficient (Wildman–Crippen LogP) is 3.17. The Morgan fingerprint density at radius 1 is 1.09 bits per heavy atom. The molecule has 174 valence electrons. The van der Waals surface area contributed by atoms with Gasteiger partial charge in [0.05, 0.1) is 16.5 Å². The van der Waals surface area contributed by atoms with E-state index in [-0.39, 0.29) is 16.8 Å². The molecule has 0 bridgehead atoms. The number of hydrogen-bond donors (Lipinski definition) is 1. The molecule has 0 radical (unpaired) electrons. The average molecular weight is 477 g/mol. The fourth-order valence-electron chi connectivity index (χ4n) is 4.53. The molecule has 32 heavy (non-hydrogen) atoms. The second-order valence-electron chi connectivity index (χ2n) is 8.64. The summed E-state index contributed by atoms with van der Waals surface area (Å²) in [6.07, 6.45) is 4.52. The van der Waals surface area contributed by atoms with E-state index < -0.39 is 10.0 Å². The molecule has 2 aliphatic heterocycles. The van der Waals surface area contributed by atoms with E-state index in [0.29, 0.717) is 12.1 Å². The Kier molecular flexibility index (Phi) is 7.19. The van der Waals surface area contributed by atoms with E-state index in [1.807, 2.05) is 6.07 Å². The summed E-state index contributed by atoms with van der Waals surface area (Å²) in [5, 5.41) is 5.20. The van der Waals surface area contributed by atoms with Crippen molar-refractivity contribution in [3.63, 3.8) is 0 Å². The molecule has 1 amide bonds. The van der Waals surface area contributed by atoms with Crippen molar-refractivity contribution in [3.05, 3.63) is 46.2 Å². The first-order chi connectivity index (χ1) is 15.4. The van der Waals surface area contributed by atoms with Crippen LogP contribution in [0, 0.1) is 0 Å². The van der Waals surface area contributed by atoms with Gasteiger partial charge in [0.1, 0.15) is 0 Å². The topological polar surface area (TPSA) is 73.0 Å². The summed E-state index contributed by atoms with van der Waals surface area (Å²) in [4.78, 5) is 19.4. The molecule has 0 aliphatic carbocycles. The zero-order chi connectivity index (χ0) is 22.7. The zero-order valence-corrected chi connectivity index (χ0v) is 20.4. The van der Waals surface area contributed by atoms with Crippen LogP contribution in [0.15, 0.2) is 40.6 Å². The number of carbonyl (C=O) groups excluding carboxylic acids is 1. The van der Waals surface area contributed by atoms with Gasteiger partial charge < -0.3 is 10.2 Å². The molecule has 3 heterocycles. The van der Waals surface area contributed by atoms with Crippen LogP contribution in [-0.2, 0) is 10.0 Å². The van der Waals surface area contributed by atoms with Gasteiger partial charge in [0.2, 0.25) is 10.0 Å². The van der Waals surface area contributed by atoms with E-state index in [1.165, 1.54) is 42.2 Å². The lowest BCUT2D eigenvalue weighted by molar-refractivity contribution is 0.0938. The number of rotatable bonds is 8. The molecular formula is C23H32N4O3S2. The Bertz CT molecular complexity index is 1030. The first-order valence-electron chi connectivity index (χ1n) is 11.2. The fraction of sp³-hybridized carbons (Fsp3) is 0.522. The van der Waals surface area contributed by atoms with Crippen molar-refractivity contribution in [2.24, 2.45) is 0 Å². The smallest absolute Gasteiger partial charge is 0.253 e. The number of anilines is 1. The second kappa shape index (κ2) is 9.91. The van der Waals surface area contributed by atoms with Gasteiger partial charge in [0.25, 0.3) is 5.91 Å². The molecule has 1 N–H and O–H groups in total. The van der Waals surface area contributed by atoms with Gasteiger partial charge >= 0.3 is 0 Å². The largest absolute Gasteiger partial charge is 0.371 e. The molecule has 1 aromatic heterocycles. The van der Waals surface area contributed by atoms with Crippen LogP contribution in [0.3, 0.4) is 0 Å². The number of carbonyl (C=O) groups is 1. The van der Waals surface area contributed by atoms with Gasteiger partial charge in [-0.2, -0.15) is 0 Å². The van der Waals surface area contributed by atoms with Crippen molar-refractivity contribution in [3.8, 4) is 0 Å². The molecule has 7 nitrogen and oxygen atoms in total. The zero-order valence-electron chi connectivity index (χ0n) is 18.8. The van der Waals surface area contributed by atoms with Crippen LogP contribution in [0.1, 0.15) is 47.0 Å². The standard InChI is InChI=1S/C23H32N4O3S2/c1-25(2)32(29,30)18-9-10-20(26-11-3-4-12-26)19(16-18)23(28)24-17-21(22-8-7-15-31-22)27-13-5-6-14-27/h7-10,15-16,21H,3-6,11-14,17H2,1-2H3,(H,24,28)/t21-/m1/s1. The van der Waals surface area contributed by atoms with Gasteiger partial charge in [-0.25, -0.2) is 12.7 Å². The maximum absolute atomic E-state index is 13.4. The Morgan fingerprint density at radius 2 is 1.78 bits per heavy atom. The highest BCUT2D eigenvalue weighted by molar-refractivity contribution is 7.89. The van der Waals surface area contributed by atoms with Gasteiger partial charge in [-0.05, 0) is 68.4 Å². The maximum atomic E-state index is 13.4. The third-order valence-corrected chi connectivity index (χ3v) is 9.13. The van der Waals surface area contributed by atoms with E-state index in [0.717, 1.165) is 44.7 Å². The monoisotopic (exact) mass is 476 g/mol. The van der Waals surface area contributed by atoms with Crippen molar-refractivity contribution in [2.75, 3.05) is 51.7 Å². The minimum Gasteiger partial charge on any atom is -0.371 e. The van der Waals surface area contributed by atoms with Crippen molar-refractivity contribution in [1.29, 1.82) is 0 Å². The van der Waals surface area contributed by atoms with Crippen LogP contribution < -0.4 is 10.2 Å². The van der Waals surface area contributed by atoms with Gasteiger partial charge in [-0.3, -0.25) is 9.69 Å². The van der Waals surface area contributed by atoms with Crippen LogP contribution in [0.2, 0.25) is 0 Å². The lowest BCUT2D eigenvalue weighted by Crippen LogP contribution is -2.37. The summed E-state index contributed by atoms with van der Waals surface area (Å²) in [7, 11) is -0.615. The quantitative estimate of drug-likeness (QED) is 0.634. The maximum Gasteiger partial charge on any atom is 0.253 e. The van der Waals surface area contributed by atoms with Crippen LogP contribution in [0.4, 0.5) is 5.69 Å². The molecule has 0 spiro atoms. The molecule has 0 saturated carbocycles. The number of sulfonamides is 1. The molecule has 2 aromatic rings. The average Bonchev–Trinajstić information content (AvgIpc) is 3.57. The van der Waals surface area contributed by atoms with Crippen LogP contribution in [-0.4, -0.2) is 70.3 Å². The van der Waals surface area contributed by atoms with Gasteiger partial charge in [-0.1, -0.05) is 6.07 Å². The normalized spacial score (nSPS) is 18.4. The summed E-state index contributed by atoms with van der Waals surface area (Å²) in [6, 6.07) is 9.25. The van der Waals surface area contributed by atoms with Crippen molar-refractivity contribution in [1.82, 2.24) is 14.5 Å². The van der Waals surface area contributed by atoms with E-state index >= 15 is 0 Å². The molecule has 2 aliphatic rings. The highest BCUT2D eigenvalue weighted by Crippen LogP contribution is 2.30. The number of amides is 1. The summed E-state index contributed by atoms with van der Waals surface area (Å²) >= 11 is 1.71. The van der Waals surface area contributed by atoms with E-state index in [9.17, 15) is 13.2 Å². The van der Waals surface area contributed by atoms with Crippen LogP contribution in [0.25, 0.3) is 0 Å². The molecular weight excluding hydrogens is 444 g/mol. The number of thiophene rings is 1. The minimum atomic E-state index is -3.62. The molecule has 9 heteroatoms. The Morgan fingerprint density at radius 3 is 2.41 bits per heavy atom. The Balaban J connectivity index is 1.60. The van der Waals surface area contributed by atoms with Crippen molar-refractivity contribution in [2.45, 2.75) is 36.6 Å². The van der Waals surface area contributed by atoms with E-state index in [2.05, 4.69) is 26.6 Å². The lowest BCUT2D eigenvalue weighted by Gasteiger charge is -2.27. The number of nitrogens with zero attached hydrogens (tertiary/aromatic N) is 3. The number of hydrogen-bond acceptors (Lipinski definition) is 6. The van der Waals surface area contributed by atoms with Crippen molar-refractivity contribution < 1.29 is 13.2 Å². The first kappa shape index (κ1) is 23.2. The van der Waals surface area contributed by atoms with Crippen molar-refractivity contribution >= 4 is 33.0 Å². The minimum absolute atomic E-state index is 0.143. The van der Waals surface area contributed by atoms with Gasteiger partial charge in [0.15, 0.2) is 0 Å². The van der Waals surface area contributed by atoms with E-state index in [4.69, 9.17) is 0 Å². The molecule has 4 rings (SSSR count). The molecule has 1 aromatic carbocycles. The summed E-state index contributed by atoms with van der Waals surface area (Å²) < 4.78 is 26.6. The summed E-state index contributed by atoms with van der Waals surface area (Å²) in [6.45, 7) is 4.34. The Labute approximate surface area is 195 Å². The summed E-state index contributed by atoms with van der Waals surface area (Å²) in [5.41, 5.74) is 1.24. The fourth-order valence-corrected chi connectivity index (χ4v) is 6.32. The number of nitrogens with one attached hydrogen (secondary N) is 1. The highest BCUT2D eigenvalue weighted by atomic mass is 32.2. The van der Waals surface area contributed by atoms with Gasteiger partial charge in [-0.15, -0.1) is 11.3 Å². The third-order valence-electron chi connectivity index (χ3n) is 6.35. The number of benzene rings is 1. The Hall–Kier alpha value is -1.94. The molecule has 0 unspecified atom stereocenters. The predicted molar refractivity (Wildman–Crippen MR) is 129 cm³/mol. The van der Waals surface area contributed by atoms with Crippen LogP contribution in [0.5, 0.6) is 0 Å².